The number of likely N-dealkylation sites (N-methyl/N-ethyl adjacent to an activating group) is 1. The van der Waals surface area contributed by atoms with Crippen molar-refractivity contribution >= 4 is 59.0 Å². The van der Waals surface area contributed by atoms with Gasteiger partial charge in [0.05, 0.1) is 37.8 Å². The van der Waals surface area contributed by atoms with Crippen LogP contribution in [0.15, 0.2) is 84.9 Å². The molecule has 0 aromatic heterocycles. The van der Waals surface area contributed by atoms with Crippen LogP contribution in [-0.4, -0.2) is 185 Å². The highest BCUT2D eigenvalue weighted by Gasteiger charge is 2.49. The number of carboxylic acid groups (broad SMARTS) is 1. The Morgan fingerprint density at radius 3 is 2.28 bits per heavy atom. The summed E-state index contributed by atoms with van der Waals surface area (Å²) in [4.78, 5) is 123. The molecule has 21 nitrogen and oxygen atoms in total. The van der Waals surface area contributed by atoms with E-state index in [0.717, 1.165) is 40.7 Å². The van der Waals surface area contributed by atoms with Crippen molar-refractivity contribution in [2.24, 2.45) is 5.41 Å². The number of benzene rings is 4. The van der Waals surface area contributed by atoms with Gasteiger partial charge >= 0.3 is 12.2 Å². The summed E-state index contributed by atoms with van der Waals surface area (Å²) in [6, 6.07) is 20.9. The maximum atomic E-state index is 15.3. The van der Waals surface area contributed by atoms with Gasteiger partial charge in [0, 0.05) is 82.2 Å². The van der Waals surface area contributed by atoms with Crippen LogP contribution in [0.1, 0.15) is 127 Å². The molecule has 0 spiro atoms. The SMILES string of the molecule is C[C@@H]1COCCN1C[C@H]1CN(C(=O)O)[C@H](C)CN1CC(=O)N1CC(C)(C(=O)NCC(=O)Nc2ccc3c(c2)CN(C(=O)[C@@H](NC(=O)[C@H](C)N(C)C(=O)OC(C)(C)C)C(C)(C)C)[C@H](C(=O)N[C@@H]2CCCc4ccccc42)C3)c2ccc(Cc3ccc(F)cc3)cc21. The molecule has 5 aliphatic rings. The predicted molar refractivity (Wildman–Crippen MR) is 338 cm³/mol. The molecular weight excluding hydrogens is 1150 g/mol. The van der Waals surface area contributed by atoms with Crippen LogP contribution < -0.4 is 26.2 Å². The topological polar surface area (TPSA) is 243 Å². The number of ether oxygens (including phenoxy) is 2. The number of morpholine rings is 1. The van der Waals surface area contributed by atoms with Gasteiger partial charge in [-0.1, -0.05) is 75.4 Å². The molecule has 1 aliphatic carbocycles. The third kappa shape index (κ3) is 15.3. The maximum Gasteiger partial charge on any atom is 0.410 e. The Kier molecular flexibility index (Phi) is 20.1. The first kappa shape index (κ1) is 66.5. The van der Waals surface area contributed by atoms with Crippen LogP contribution in [-0.2, 0) is 69.5 Å². The van der Waals surface area contributed by atoms with Gasteiger partial charge in [0.1, 0.15) is 29.5 Å². The van der Waals surface area contributed by atoms with Crippen LogP contribution >= 0.6 is 0 Å². The molecule has 22 heteroatoms. The van der Waals surface area contributed by atoms with Gasteiger partial charge in [-0.05, 0) is 149 Å². The van der Waals surface area contributed by atoms with E-state index >= 15 is 4.79 Å². The van der Waals surface area contributed by atoms with E-state index in [2.05, 4.69) is 39.2 Å². The molecule has 0 saturated carbocycles. The third-order valence-electron chi connectivity index (χ3n) is 18.4. The first-order valence-corrected chi connectivity index (χ1v) is 31.4. The van der Waals surface area contributed by atoms with Crippen molar-refractivity contribution in [2.75, 3.05) is 76.3 Å². The second-order valence-corrected chi connectivity index (χ2v) is 27.4. The minimum atomic E-state index is -1.33. The fourth-order valence-electron chi connectivity index (χ4n) is 13.0. The molecule has 90 heavy (non-hydrogen) atoms. The number of piperazine rings is 1. The first-order chi connectivity index (χ1) is 42.5. The van der Waals surface area contributed by atoms with Crippen molar-refractivity contribution in [3.05, 3.63) is 130 Å². The lowest BCUT2D eigenvalue weighted by atomic mass is 9.83. The smallest absolute Gasteiger partial charge is 0.410 e. The number of rotatable bonds is 16. The van der Waals surface area contributed by atoms with Crippen molar-refractivity contribution in [1.29, 1.82) is 0 Å². The summed E-state index contributed by atoms with van der Waals surface area (Å²) in [7, 11) is 1.45. The number of fused-ring (bicyclic) bond motifs is 3. The Hall–Kier alpha value is -7.95. The molecule has 1 unspecified atom stereocenters. The van der Waals surface area contributed by atoms with E-state index < -0.39 is 83.0 Å². The van der Waals surface area contributed by atoms with Crippen LogP contribution in [0.2, 0.25) is 0 Å². The molecule has 4 aromatic carbocycles. The van der Waals surface area contributed by atoms with E-state index in [-0.39, 0.29) is 68.4 Å². The number of hydrogen-bond donors (Lipinski definition) is 5. The molecule has 4 aliphatic heterocycles. The van der Waals surface area contributed by atoms with Gasteiger partial charge in [-0.3, -0.25) is 43.5 Å². The molecule has 0 bridgehead atoms. The van der Waals surface area contributed by atoms with Crippen molar-refractivity contribution < 1.29 is 57.3 Å². The summed E-state index contributed by atoms with van der Waals surface area (Å²) in [6.45, 7) is 19.9. The number of carbonyl (C=O) groups excluding carboxylic acids is 7. The molecule has 5 N–H and O–H groups in total. The molecule has 0 radical (unpaired) electrons. The minimum Gasteiger partial charge on any atom is -0.465 e. The highest BCUT2D eigenvalue weighted by atomic mass is 19.1. The molecular formula is C68H89FN10O11. The van der Waals surface area contributed by atoms with E-state index in [1.54, 1.807) is 63.8 Å². The Morgan fingerprint density at radius 2 is 1.58 bits per heavy atom. The fourth-order valence-corrected chi connectivity index (χ4v) is 13.0. The number of carbonyl (C=O) groups is 8. The van der Waals surface area contributed by atoms with Crippen molar-refractivity contribution in [1.82, 2.24) is 40.4 Å². The zero-order valence-electron chi connectivity index (χ0n) is 53.8. The van der Waals surface area contributed by atoms with Gasteiger partial charge in [0.15, 0.2) is 0 Å². The van der Waals surface area contributed by atoms with Gasteiger partial charge in [0.25, 0.3) is 0 Å². The summed E-state index contributed by atoms with van der Waals surface area (Å²) in [5.74, 6) is -3.19. The van der Waals surface area contributed by atoms with E-state index in [0.29, 0.717) is 68.2 Å². The van der Waals surface area contributed by atoms with Crippen LogP contribution in [0.3, 0.4) is 0 Å². The monoisotopic (exact) mass is 1240 g/mol. The summed E-state index contributed by atoms with van der Waals surface area (Å²) in [6.07, 6.45) is 1.27. The summed E-state index contributed by atoms with van der Waals surface area (Å²) in [5, 5.41) is 22.1. The van der Waals surface area contributed by atoms with Crippen LogP contribution in [0, 0.1) is 11.2 Å². The first-order valence-electron chi connectivity index (χ1n) is 31.4. The standard InChI is InChI=1S/C68H89FN10O11/c1-41-34-76(51(37-77(41)64(86)87)36-75-27-28-89-39-42(75)2)38-58(81)79-40-68(10,53-26-21-45(30-55(53)79)29-44-19-23-49(69)24-20-44)63(85)70-33-57(80)71-50-25-22-47-32-56(61(83)72-54-18-14-16-46-15-12-13-17-52(46)54)78(35-48(47)31-50)62(84)59(66(4,5)6)73-60(82)43(3)74(11)65(88)90-67(7,8)9/h12-13,15,17,19-26,30-31,41-43,51,54,56,59H,14,16,18,27-29,32-40H2,1-11H3,(H,70,85)(H,71,80)(H,72,83)(H,73,82)(H,86,87)/t41-,42-,43+,51+,54-,56+,59-,68?/m1/s1. The van der Waals surface area contributed by atoms with Gasteiger partial charge in [-0.25, -0.2) is 14.0 Å². The van der Waals surface area contributed by atoms with Crippen LogP contribution in [0.5, 0.6) is 0 Å². The van der Waals surface area contributed by atoms with Crippen molar-refractivity contribution in [3.8, 4) is 0 Å². The Balaban J connectivity index is 0.929. The van der Waals surface area contributed by atoms with E-state index in [1.165, 1.54) is 33.9 Å². The lowest BCUT2D eigenvalue weighted by Crippen LogP contribution is -2.64. The summed E-state index contributed by atoms with van der Waals surface area (Å²) in [5.41, 5.74) is 3.68. The minimum absolute atomic E-state index is 0.0544. The van der Waals surface area contributed by atoms with Crippen LogP contribution in [0.25, 0.3) is 0 Å². The Labute approximate surface area is 527 Å². The molecule has 2 fully saturated rings. The summed E-state index contributed by atoms with van der Waals surface area (Å²) >= 11 is 0. The largest absolute Gasteiger partial charge is 0.465 e. The molecule has 4 heterocycles. The quantitative estimate of drug-likeness (QED) is 0.0778. The molecule has 484 valence electrons. The van der Waals surface area contributed by atoms with Gasteiger partial charge in [-0.2, -0.15) is 0 Å². The van der Waals surface area contributed by atoms with Crippen LogP contribution in [0.4, 0.5) is 25.4 Å². The molecule has 8 atom stereocenters. The average Bonchev–Trinajstić information content (AvgIpc) is 1.56. The second kappa shape index (κ2) is 27.3. The predicted octanol–water partition coefficient (Wildman–Crippen LogP) is 6.78. The summed E-state index contributed by atoms with van der Waals surface area (Å²) < 4.78 is 25.2. The number of anilines is 2. The average molecular weight is 1240 g/mol. The molecule has 8 amide bonds. The number of nitrogens with zero attached hydrogens (tertiary/aromatic N) is 6. The molecule has 2 saturated heterocycles. The second-order valence-electron chi connectivity index (χ2n) is 27.4. The fraction of sp³-hybridized carbons (Fsp3) is 0.529. The Bertz CT molecular complexity index is 3370. The number of halogens is 1. The number of amides is 8. The highest BCUT2D eigenvalue weighted by Crippen LogP contribution is 2.43. The van der Waals surface area contributed by atoms with Gasteiger partial charge < -0.3 is 50.5 Å². The van der Waals surface area contributed by atoms with E-state index in [9.17, 15) is 43.1 Å². The maximum absolute atomic E-state index is 15.3. The number of aryl methyl sites for hydroxylation is 1. The Morgan fingerprint density at radius 1 is 0.856 bits per heavy atom. The highest BCUT2D eigenvalue weighted by molar-refractivity contribution is 6.04. The van der Waals surface area contributed by atoms with Crippen molar-refractivity contribution in [3.63, 3.8) is 0 Å². The molecule has 4 aromatic rings. The van der Waals surface area contributed by atoms with Gasteiger partial charge in [-0.15, -0.1) is 0 Å². The molecule has 9 rings (SSSR count). The van der Waals surface area contributed by atoms with Gasteiger partial charge in [0.2, 0.25) is 35.4 Å². The van der Waals surface area contributed by atoms with E-state index in [4.69, 9.17) is 9.47 Å². The third-order valence-corrected chi connectivity index (χ3v) is 18.4. The number of hydrogen-bond acceptors (Lipinski definition) is 12. The lowest BCUT2D eigenvalue weighted by Gasteiger charge is -2.47. The lowest BCUT2D eigenvalue weighted by molar-refractivity contribution is -0.147. The normalized spacial score (nSPS) is 22.6. The zero-order valence-corrected chi connectivity index (χ0v) is 53.8. The van der Waals surface area contributed by atoms with Crippen molar-refractivity contribution in [2.45, 2.75) is 161 Å². The number of nitrogens with one attached hydrogen (secondary N) is 4. The van der Waals surface area contributed by atoms with E-state index in [1.807, 2.05) is 75.1 Å². The zero-order chi connectivity index (χ0) is 65.1.